The van der Waals surface area contributed by atoms with Crippen molar-refractivity contribution in [2.24, 2.45) is 0 Å². The van der Waals surface area contributed by atoms with Crippen LogP contribution in [0.5, 0.6) is 0 Å². The molecule has 1 aromatic carbocycles. The largest absolute Gasteiger partial charge is 0.325 e. The van der Waals surface area contributed by atoms with Crippen LogP contribution in [-0.4, -0.2) is 30.9 Å². The predicted molar refractivity (Wildman–Crippen MR) is 113 cm³/mol. The molecule has 3 rings (SSSR count). The number of hydrogen-bond acceptors (Lipinski definition) is 5. The number of amides is 1. The topological polar surface area (TPSA) is 72.7 Å². The Kier molecular flexibility index (Phi) is 6.46. The molecule has 146 valence electrons. The molecular formula is C21H25N5OS. The van der Waals surface area contributed by atoms with Crippen LogP contribution in [0.2, 0.25) is 0 Å². The second-order valence-corrected chi connectivity index (χ2v) is 8.07. The second kappa shape index (κ2) is 9.01. The van der Waals surface area contributed by atoms with Crippen molar-refractivity contribution in [2.45, 2.75) is 51.1 Å². The lowest BCUT2D eigenvalue weighted by Crippen LogP contribution is -2.23. The van der Waals surface area contributed by atoms with E-state index in [1.165, 1.54) is 11.8 Å². The quantitative estimate of drug-likeness (QED) is 0.597. The summed E-state index contributed by atoms with van der Waals surface area (Å²) in [6.45, 7) is 8.80. The van der Waals surface area contributed by atoms with E-state index in [1.54, 1.807) is 12.4 Å². The van der Waals surface area contributed by atoms with E-state index in [0.717, 1.165) is 46.3 Å². The fourth-order valence-corrected chi connectivity index (χ4v) is 3.71. The van der Waals surface area contributed by atoms with Crippen molar-refractivity contribution in [2.75, 3.05) is 5.32 Å². The summed E-state index contributed by atoms with van der Waals surface area (Å²) in [5, 5.41) is 12.2. The van der Waals surface area contributed by atoms with Crippen LogP contribution >= 0.6 is 11.8 Å². The molecule has 7 heteroatoms. The minimum Gasteiger partial charge on any atom is -0.325 e. The number of nitrogens with one attached hydrogen (secondary N) is 1. The zero-order valence-electron chi connectivity index (χ0n) is 16.6. The van der Waals surface area contributed by atoms with Crippen LogP contribution in [0.25, 0.3) is 11.4 Å². The van der Waals surface area contributed by atoms with E-state index >= 15 is 0 Å². The number of carbonyl (C=O) groups excluding carboxylic acids is 1. The van der Waals surface area contributed by atoms with Gasteiger partial charge in [-0.25, -0.2) is 0 Å². The number of thioether (sulfide) groups is 1. The Balaban J connectivity index is 1.78. The molecule has 2 heterocycles. The maximum Gasteiger partial charge on any atom is 0.237 e. The van der Waals surface area contributed by atoms with E-state index in [4.69, 9.17) is 0 Å². The van der Waals surface area contributed by atoms with Gasteiger partial charge in [-0.15, -0.1) is 10.2 Å². The van der Waals surface area contributed by atoms with E-state index in [9.17, 15) is 4.79 Å². The average molecular weight is 396 g/mol. The van der Waals surface area contributed by atoms with Crippen LogP contribution in [-0.2, 0) is 11.3 Å². The second-order valence-electron chi connectivity index (χ2n) is 6.76. The van der Waals surface area contributed by atoms with Gasteiger partial charge in [0, 0.05) is 30.2 Å². The van der Waals surface area contributed by atoms with Crippen LogP contribution in [0.4, 0.5) is 5.69 Å². The lowest BCUT2D eigenvalue weighted by Gasteiger charge is -2.15. The zero-order chi connectivity index (χ0) is 20.1. The molecule has 0 radical (unpaired) electrons. The van der Waals surface area contributed by atoms with Gasteiger partial charge in [0.15, 0.2) is 11.0 Å². The summed E-state index contributed by atoms with van der Waals surface area (Å²) in [6.07, 6.45) is 4.44. The van der Waals surface area contributed by atoms with Crippen molar-refractivity contribution in [3.8, 4) is 11.4 Å². The van der Waals surface area contributed by atoms with Gasteiger partial charge in [-0.1, -0.05) is 30.8 Å². The highest BCUT2D eigenvalue weighted by Crippen LogP contribution is 2.28. The number of aromatic nitrogens is 4. The zero-order valence-corrected chi connectivity index (χ0v) is 17.5. The van der Waals surface area contributed by atoms with Gasteiger partial charge < -0.3 is 9.88 Å². The lowest BCUT2D eigenvalue weighted by molar-refractivity contribution is -0.115. The van der Waals surface area contributed by atoms with Crippen LogP contribution in [0, 0.1) is 13.8 Å². The Morgan fingerprint density at radius 3 is 2.64 bits per heavy atom. The molecule has 1 atom stereocenters. The van der Waals surface area contributed by atoms with E-state index < -0.39 is 0 Å². The maximum absolute atomic E-state index is 12.7. The van der Waals surface area contributed by atoms with E-state index in [-0.39, 0.29) is 11.2 Å². The maximum atomic E-state index is 12.7. The van der Waals surface area contributed by atoms with Gasteiger partial charge in [0.2, 0.25) is 5.91 Å². The first-order chi connectivity index (χ1) is 13.5. The average Bonchev–Trinajstić information content (AvgIpc) is 3.08. The monoisotopic (exact) mass is 395 g/mol. The Hall–Kier alpha value is -2.67. The number of carbonyl (C=O) groups is 1. The molecule has 0 aliphatic carbocycles. The molecule has 1 unspecified atom stereocenters. The summed E-state index contributed by atoms with van der Waals surface area (Å²) in [5.74, 6) is 0.754. The van der Waals surface area contributed by atoms with Crippen LogP contribution < -0.4 is 5.32 Å². The van der Waals surface area contributed by atoms with Gasteiger partial charge in [0.25, 0.3) is 0 Å². The highest BCUT2D eigenvalue weighted by molar-refractivity contribution is 8.00. The van der Waals surface area contributed by atoms with Crippen molar-refractivity contribution in [3.05, 3.63) is 53.9 Å². The van der Waals surface area contributed by atoms with Crippen molar-refractivity contribution >= 4 is 23.4 Å². The molecule has 0 spiro atoms. The van der Waals surface area contributed by atoms with Crippen molar-refractivity contribution < 1.29 is 4.79 Å². The Bertz CT molecular complexity index is 955. The highest BCUT2D eigenvalue weighted by atomic mass is 32.2. The van der Waals surface area contributed by atoms with Gasteiger partial charge in [0.05, 0.1) is 5.25 Å². The molecule has 0 saturated heterocycles. The predicted octanol–water partition coefficient (Wildman–Crippen LogP) is 4.49. The van der Waals surface area contributed by atoms with Crippen LogP contribution in [0.3, 0.4) is 0 Å². The summed E-state index contributed by atoms with van der Waals surface area (Å²) >= 11 is 1.42. The fraction of sp³-hybridized carbons (Fsp3) is 0.333. The van der Waals surface area contributed by atoms with Gasteiger partial charge >= 0.3 is 0 Å². The molecule has 2 aromatic heterocycles. The van der Waals surface area contributed by atoms with Crippen molar-refractivity contribution in [3.63, 3.8) is 0 Å². The van der Waals surface area contributed by atoms with Crippen molar-refractivity contribution in [1.82, 2.24) is 19.7 Å². The minimum absolute atomic E-state index is 0.0461. The molecule has 0 saturated carbocycles. The summed E-state index contributed by atoms with van der Waals surface area (Å²) in [5.41, 5.74) is 3.98. The van der Waals surface area contributed by atoms with Crippen LogP contribution in [0.1, 0.15) is 31.4 Å². The van der Waals surface area contributed by atoms with Gasteiger partial charge in [-0.05, 0) is 56.5 Å². The first kappa shape index (κ1) is 20.1. The molecule has 1 amide bonds. The summed E-state index contributed by atoms with van der Waals surface area (Å²) in [4.78, 5) is 16.8. The van der Waals surface area contributed by atoms with Crippen LogP contribution in [0.15, 0.2) is 47.9 Å². The third kappa shape index (κ3) is 4.59. The first-order valence-electron chi connectivity index (χ1n) is 9.38. The van der Waals surface area contributed by atoms with E-state index in [0.29, 0.717) is 0 Å². The highest BCUT2D eigenvalue weighted by Gasteiger charge is 2.21. The molecular weight excluding hydrogens is 370 g/mol. The standard InChI is InChI=1S/C21H25N5OS/c1-5-12-26-19(17-8-10-22-11-9-17)24-25-21(26)28-16(4)20(27)23-18-13-14(2)6-7-15(18)3/h6-11,13,16H,5,12H2,1-4H3,(H,23,27). The number of rotatable bonds is 7. The molecule has 0 fully saturated rings. The van der Waals surface area contributed by atoms with Gasteiger partial charge in [0.1, 0.15) is 0 Å². The lowest BCUT2D eigenvalue weighted by atomic mass is 10.1. The normalized spacial score (nSPS) is 12.0. The van der Waals surface area contributed by atoms with Gasteiger partial charge in [-0.2, -0.15) is 0 Å². The number of aryl methyl sites for hydroxylation is 2. The third-order valence-electron chi connectivity index (χ3n) is 4.40. The number of nitrogens with zero attached hydrogens (tertiary/aromatic N) is 4. The van der Waals surface area contributed by atoms with Gasteiger partial charge in [-0.3, -0.25) is 9.78 Å². The Morgan fingerprint density at radius 1 is 1.18 bits per heavy atom. The minimum atomic E-state index is -0.301. The molecule has 0 aliphatic rings. The van der Waals surface area contributed by atoms with Crippen molar-refractivity contribution in [1.29, 1.82) is 0 Å². The number of benzene rings is 1. The molecule has 1 N–H and O–H groups in total. The Morgan fingerprint density at radius 2 is 1.93 bits per heavy atom. The molecule has 3 aromatic rings. The van der Waals surface area contributed by atoms with E-state index in [2.05, 4.69) is 32.0 Å². The summed E-state index contributed by atoms with van der Waals surface area (Å²) in [7, 11) is 0. The molecule has 0 aliphatic heterocycles. The third-order valence-corrected chi connectivity index (χ3v) is 5.49. The number of pyridine rings is 1. The summed E-state index contributed by atoms with van der Waals surface area (Å²) in [6, 6.07) is 9.88. The number of hydrogen-bond donors (Lipinski definition) is 1. The fourth-order valence-electron chi connectivity index (χ4n) is 2.83. The summed E-state index contributed by atoms with van der Waals surface area (Å²) < 4.78 is 2.07. The van der Waals surface area contributed by atoms with E-state index in [1.807, 2.05) is 51.1 Å². The first-order valence-corrected chi connectivity index (χ1v) is 10.3. The SMILES string of the molecule is CCCn1c(SC(C)C(=O)Nc2cc(C)ccc2C)nnc1-c1ccncc1. The molecule has 6 nitrogen and oxygen atoms in total. The number of anilines is 1. The molecule has 0 bridgehead atoms. The smallest absolute Gasteiger partial charge is 0.237 e. The Labute approximate surface area is 169 Å². The molecule has 28 heavy (non-hydrogen) atoms.